The molecule has 4 nitrogen and oxygen atoms in total. The molecule has 31 heavy (non-hydrogen) atoms. The molecule has 0 radical (unpaired) electrons. The van der Waals surface area contributed by atoms with Gasteiger partial charge in [-0.05, 0) is 63.1 Å². The summed E-state index contributed by atoms with van der Waals surface area (Å²) in [7, 11) is 0. The third-order valence-corrected chi connectivity index (χ3v) is 5.98. The summed E-state index contributed by atoms with van der Waals surface area (Å²) in [5.41, 5.74) is 1.21. The number of rotatable bonds is 8. The molecule has 2 amide bonds. The van der Waals surface area contributed by atoms with Crippen LogP contribution in [0.2, 0.25) is 10.0 Å². The van der Waals surface area contributed by atoms with Crippen LogP contribution in [0.4, 0.5) is 4.39 Å². The first-order valence-electron chi connectivity index (χ1n) is 9.84. The normalized spacial score (nSPS) is 12.4. The number of hydrogen-bond donors (Lipinski definition) is 1. The molecular formula is C23H27Cl2FN2O2S. The van der Waals surface area contributed by atoms with Gasteiger partial charge in [-0.15, -0.1) is 11.8 Å². The summed E-state index contributed by atoms with van der Waals surface area (Å²) in [5.74, 6) is -0.0673. The molecule has 0 aliphatic carbocycles. The third kappa shape index (κ3) is 8.36. The van der Waals surface area contributed by atoms with Crippen molar-refractivity contribution in [2.45, 2.75) is 51.6 Å². The quantitative estimate of drug-likeness (QED) is 0.522. The Morgan fingerprint density at radius 1 is 1.13 bits per heavy atom. The lowest BCUT2D eigenvalue weighted by Crippen LogP contribution is -2.52. The SMILES string of the molecule is CC(C(=O)NC(C)(C)C)N(Cc1ccc(F)cc1)C(=O)CSCc1ccc(Cl)cc1Cl. The first-order valence-corrected chi connectivity index (χ1v) is 11.7. The van der Waals surface area contributed by atoms with Crippen molar-refractivity contribution in [3.63, 3.8) is 0 Å². The predicted octanol–water partition coefficient (Wildman–Crippen LogP) is 5.70. The molecule has 0 heterocycles. The molecule has 0 aromatic heterocycles. The summed E-state index contributed by atoms with van der Waals surface area (Å²) >= 11 is 13.5. The molecule has 0 fully saturated rings. The largest absolute Gasteiger partial charge is 0.350 e. The lowest BCUT2D eigenvalue weighted by atomic mass is 10.1. The Balaban J connectivity index is 2.10. The summed E-state index contributed by atoms with van der Waals surface area (Å²) in [4.78, 5) is 27.3. The van der Waals surface area contributed by atoms with Crippen molar-refractivity contribution in [2.75, 3.05) is 5.75 Å². The molecule has 2 aromatic carbocycles. The zero-order chi connectivity index (χ0) is 23.2. The van der Waals surface area contributed by atoms with Gasteiger partial charge in [0.2, 0.25) is 11.8 Å². The van der Waals surface area contributed by atoms with E-state index in [2.05, 4.69) is 5.32 Å². The van der Waals surface area contributed by atoms with Crippen LogP contribution < -0.4 is 5.32 Å². The maximum atomic E-state index is 13.3. The highest BCUT2D eigenvalue weighted by Gasteiger charge is 2.28. The molecule has 2 rings (SSSR count). The Kier molecular flexibility index (Phi) is 9.22. The first-order chi connectivity index (χ1) is 14.5. The zero-order valence-electron chi connectivity index (χ0n) is 18.0. The summed E-state index contributed by atoms with van der Waals surface area (Å²) < 4.78 is 13.3. The van der Waals surface area contributed by atoms with Gasteiger partial charge in [-0.2, -0.15) is 0 Å². The van der Waals surface area contributed by atoms with Gasteiger partial charge in [0.05, 0.1) is 5.75 Å². The van der Waals surface area contributed by atoms with Gasteiger partial charge in [0.15, 0.2) is 0 Å². The summed E-state index contributed by atoms with van der Waals surface area (Å²) in [6.07, 6.45) is 0. The Hall–Kier alpha value is -1.76. The predicted molar refractivity (Wildman–Crippen MR) is 127 cm³/mol. The molecule has 1 atom stereocenters. The second kappa shape index (κ2) is 11.2. The van der Waals surface area contributed by atoms with Crippen LogP contribution in [-0.4, -0.2) is 34.0 Å². The highest BCUT2D eigenvalue weighted by molar-refractivity contribution is 7.99. The smallest absolute Gasteiger partial charge is 0.242 e. The minimum absolute atomic E-state index is 0.174. The van der Waals surface area contributed by atoms with Crippen LogP contribution in [0.15, 0.2) is 42.5 Å². The van der Waals surface area contributed by atoms with E-state index in [9.17, 15) is 14.0 Å². The van der Waals surface area contributed by atoms with Crippen molar-refractivity contribution < 1.29 is 14.0 Å². The molecule has 8 heteroatoms. The number of thioether (sulfide) groups is 1. The van der Waals surface area contributed by atoms with Crippen LogP contribution in [0.5, 0.6) is 0 Å². The van der Waals surface area contributed by atoms with E-state index in [1.165, 1.54) is 28.8 Å². The van der Waals surface area contributed by atoms with Crippen LogP contribution in [-0.2, 0) is 21.9 Å². The monoisotopic (exact) mass is 484 g/mol. The summed E-state index contributed by atoms with van der Waals surface area (Å²) in [6.45, 7) is 7.56. The van der Waals surface area contributed by atoms with E-state index in [0.717, 1.165) is 11.1 Å². The van der Waals surface area contributed by atoms with Gasteiger partial charge < -0.3 is 10.2 Å². The Labute approximate surface area is 197 Å². The second-order valence-corrected chi connectivity index (χ2v) is 10.1. The summed E-state index contributed by atoms with van der Waals surface area (Å²) in [6, 6.07) is 10.5. The molecular weight excluding hydrogens is 458 g/mol. The van der Waals surface area contributed by atoms with Gasteiger partial charge in [-0.1, -0.05) is 41.4 Å². The van der Waals surface area contributed by atoms with Crippen molar-refractivity contribution in [3.8, 4) is 0 Å². The molecule has 0 aliphatic rings. The van der Waals surface area contributed by atoms with Crippen LogP contribution in [0, 0.1) is 5.82 Å². The van der Waals surface area contributed by atoms with Crippen molar-refractivity contribution in [1.29, 1.82) is 0 Å². The average molecular weight is 485 g/mol. The third-order valence-electron chi connectivity index (χ3n) is 4.43. The molecule has 168 valence electrons. The number of benzene rings is 2. The van der Waals surface area contributed by atoms with E-state index in [4.69, 9.17) is 23.2 Å². The highest BCUT2D eigenvalue weighted by Crippen LogP contribution is 2.25. The lowest BCUT2D eigenvalue weighted by molar-refractivity contribution is -0.139. The molecule has 0 aliphatic heterocycles. The fourth-order valence-corrected chi connectivity index (χ4v) is 4.28. The standard InChI is InChI=1S/C23H27Cl2FN2O2S/c1-15(22(30)27-23(2,3)4)28(12-16-5-9-19(26)10-6-16)21(29)14-31-13-17-7-8-18(24)11-20(17)25/h5-11,15H,12-14H2,1-4H3,(H,27,30). The van der Waals surface area contributed by atoms with E-state index >= 15 is 0 Å². The lowest BCUT2D eigenvalue weighted by Gasteiger charge is -2.31. The Morgan fingerprint density at radius 3 is 2.35 bits per heavy atom. The van der Waals surface area contributed by atoms with E-state index in [1.807, 2.05) is 26.8 Å². The van der Waals surface area contributed by atoms with Gasteiger partial charge in [0.25, 0.3) is 0 Å². The summed E-state index contributed by atoms with van der Waals surface area (Å²) in [5, 5.41) is 4.02. The van der Waals surface area contributed by atoms with Gasteiger partial charge in [0, 0.05) is 27.9 Å². The number of halogens is 3. The number of carbonyl (C=O) groups is 2. The average Bonchev–Trinajstić information content (AvgIpc) is 2.67. The van der Waals surface area contributed by atoms with E-state index in [-0.39, 0.29) is 29.9 Å². The van der Waals surface area contributed by atoms with Gasteiger partial charge in [-0.25, -0.2) is 4.39 Å². The van der Waals surface area contributed by atoms with Crippen molar-refractivity contribution in [1.82, 2.24) is 10.2 Å². The molecule has 0 bridgehead atoms. The second-order valence-electron chi connectivity index (χ2n) is 8.29. The van der Waals surface area contributed by atoms with Crippen molar-refractivity contribution in [2.24, 2.45) is 0 Å². The number of nitrogens with one attached hydrogen (secondary N) is 1. The molecule has 1 unspecified atom stereocenters. The molecule has 0 saturated heterocycles. The maximum Gasteiger partial charge on any atom is 0.242 e. The minimum Gasteiger partial charge on any atom is -0.350 e. The number of amides is 2. The van der Waals surface area contributed by atoms with Crippen molar-refractivity contribution >= 4 is 46.8 Å². The van der Waals surface area contributed by atoms with Gasteiger partial charge in [-0.3, -0.25) is 9.59 Å². The molecule has 0 saturated carbocycles. The van der Waals surface area contributed by atoms with Crippen molar-refractivity contribution in [3.05, 3.63) is 69.5 Å². The van der Waals surface area contributed by atoms with E-state index in [1.54, 1.807) is 31.2 Å². The molecule has 0 spiro atoms. The van der Waals surface area contributed by atoms with Crippen LogP contribution >= 0.6 is 35.0 Å². The van der Waals surface area contributed by atoms with Crippen LogP contribution in [0.25, 0.3) is 0 Å². The minimum atomic E-state index is -0.684. The molecule has 1 N–H and O–H groups in total. The van der Waals surface area contributed by atoms with Crippen LogP contribution in [0.3, 0.4) is 0 Å². The van der Waals surface area contributed by atoms with Gasteiger partial charge >= 0.3 is 0 Å². The van der Waals surface area contributed by atoms with E-state index < -0.39 is 11.6 Å². The van der Waals surface area contributed by atoms with Crippen LogP contribution in [0.1, 0.15) is 38.8 Å². The number of nitrogens with zero attached hydrogens (tertiary/aromatic N) is 1. The Morgan fingerprint density at radius 2 is 1.77 bits per heavy atom. The Bertz CT molecular complexity index is 917. The molecule has 2 aromatic rings. The van der Waals surface area contributed by atoms with E-state index in [0.29, 0.717) is 15.8 Å². The highest BCUT2D eigenvalue weighted by atomic mass is 35.5. The zero-order valence-corrected chi connectivity index (χ0v) is 20.4. The first kappa shape index (κ1) is 25.5. The van der Waals surface area contributed by atoms with Gasteiger partial charge in [0.1, 0.15) is 11.9 Å². The fourth-order valence-electron chi connectivity index (χ4n) is 2.81. The topological polar surface area (TPSA) is 49.4 Å². The number of carbonyl (C=O) groups excluding carboxylic acids is 2. The fraction of sp³-hybridized carbons (Fsp3) is 0.391. The maximum absolute atomic E-state index is 13.3. The number of hydrogen-bond acceptors (Lipinski definition) is 3.